The number of hydrogen-bond acceptors (Lipinski definition) is 5. The SMILES string of the molecule is C=N/C(Cl)=C(C#N)\C=C(/C)c1cc(NC(=O)c2ccnc(C(F)(F)F)c2)cnc1C. The van der Waals surface area contributed by atoms with Crippen LogP contribution in [0.1, 0.15) is 34.2 Å². The summed E-state index contributed by atoms with van der Waals surface area (Å²) in [5, 5.41) is 11.6. The molecular formula is C20H15ClF3N5O. The lowest BCUT2D eigenvalue weighted by Gasteiger charge is -2.11. The predicted molar refractivity (Wildman–Crippen MR) is 108 cm³/mol. The van der Waals surface area contributed by atoms with Gasteiger partial charge in [-0.05, 0) is 50.4 Å². The highest BCUT2D eigenvalue weighted by molar-refractivity contribution is 6.30. The van der Waals surface area contributed by atoms with E-state index in [4.69, 9.17) is 11.6 Å². The van der Waals surface area contributed by atoms with Crippen LogP contribution in [0.2, 0.25) is 0 Å². The Morgan fingerprint density at radius 2 is 2.07 bits per heavy atom. The second-order valence-corrected chi connectivity index (χ2v) is 6.40. The summed E-state index contributed by atoms with van der Waals surface area (Å²) < 4.78 is 38.4. The lowest BCUT2D eigenvalue weighted by atomic mass is 10.0. The molecule has 0 aliphatic heterocycles. The summed E-state index contributed by atoms with van der Waals surface area (Å²) in [6, 6.07) is 5.33. The van der Waals surface area contributed by atoms with E-state index in [1.54, 1.807) is 19.9 Å². The second kappa shape index (κ2) is 9.33. The molecule has 30 heavy (non-hydrogen) atoms. The quantitative estimate of drug-likeness (QED) is 0.306. The minimum Gasteiger partial charge on any atom is -0.321 e. The number of nitriles is 1. The number of nitrogens with zero attached hydrogens (tertiary/aromatic N) is 4. The third-order valence-electron chi connectivity index (χ3n) is 3.92. The molecule has 0 saturated carbocycles. The summed E-state index contributed by atoms with van der Waals surface area (Å²) in [7, 11) is 0. The van der Waals surface area contributed by atoms with Gasteiger partial charge in [0.25, 0.3) is 5.91 Å². The van der Waals surface area contributed by atoms with Crippen LogP contribution in [0.4, 0.5) is 18.9 Å². The van der Waals surface area contributed by atoms with Crippen molar-refractivity contribution in [3.05, 3.63) is 69.9 Å². The molecule has 0 unspecified atom stereocenters. The number of halogens is 4. The van der Waals surface area contributed by atoms with Crippen LogP contribution in [0.5, 0.6) is 0 Å². The molecule has 0 atom stereocenters. The molecule has 2 aromatic rings. The molecule has 0 aliphatic rings. The standard InChI is InChI=1S/C20H15ClF3N5O/c1-11(6-14(9-25)18(21)26-3)16-8-15(10-28-12(16)2)29-19(30)13-4-5-27-17(7-13)20(22,23)24/h4-8,10H,3H2,1-2H3,(H,29,30)/b11-6+,18-14+. The minimum atomic E-state index is -4.66. The van der Waals surface area contributed by atoms with E-state index in [1.165, 1.54) is 18.3 Å². The third-order valence-corrected chi connectivity index (χ3v) is 4.25. The number of rotatable bonds is 5. The zero-order valence-electron chi connectivity index (χ0n) is 15.9. The summed E-state index contributed by atoms with van der Waals surface area (Å²) in [4.78, 5) is 23.3. The molecule has 6 nitrogen and oxygen atoms in total. The highest BCUT2D eigenvalue weighted by Gasteiger charge is 2.32. The first-order valence-corrected chi connectivity index (χ1v) is 8.71. The maximum Gasteiger partial charge on any atom is 0.433 e. The Morgan fingerprint density at radius 1 is 1.37 bits per heavy atom. The number of carbonyl (C=O) groups excluding carboxylic acids is 1. The van der Waals surface area contributed by atoms with Crippen LogP contribution in [-0.4, -0.2) is 22.6 Å². The summed E-state index contributed by atoms with van der Waals surface area (Å²) in [6.07, 6.45) is -0.888. The van der Waals surface area contributed by atoms with Gasteiger partial charge in [0.05, 0.1) is 17.5 Å². The van der Waals surface area contributed by atoms with Crippen molar-refractivity contribution < 1.29 is 18.0 Å². The fraction of sp³-hybridized carbons (Fsp3) is 0.150. The highest BCUT2D eigenvalue weighted by atomic mass is 35.5. The topological polar surface area (TPSA) is 91.0 Å². The molecule has 2 heterocycles. The largest absolute Gasteiger partial charge is 0.433 e. The lowest BCUT2D eigenvalue weighted by molar-refractivity contribution is -0.141. The monoisotopic (exact) mass is 433 g/mol. The van der Waals surface area contributed by atoms with Gasteiger partial charge >= 0.3 is 6.18 Å². The Morgan fingerprint density at radius 3 is 2.67 bits per heavy atom. The molecule has 154 valence electrons. The first kappa shape index (κ1) is 22.8. The van der Waals surface area contributed by atoms with Crippen molar-refractivity contribution in [2.24, 2.45) is 4.99 Å². The molecule has 0 bridgehead atoms. The van der Waals surface area contributed by atoms with E-state index in [0.717, 1.165) is 6.20 Å². The summed E-state index contributed by atoms with van der Waals surface area (Å²) in [5.41, 5.74) is 0.788. The molecule has 0 radical (unpaired) electrons. The van der Waals surface area contributed by atoms with E-state index >= 15 is 0 Å². The average molecular weight is 434 g/mol. The maximum atomic E-state index is 12.8. The van der Waals surface area contributed by atoms with Gasteiger partial charge in [0.2, 0.25) is 0 Å². The Labute approximate surface area is 175 Å². The van der Waals surface area contributed by atoms with E-state index in [0.29, 0.717) is 22.9 Å². The fourth-order valence-electron chi connectivity index (χ4n) is 2.45. The number of amides is 1. The summed E-state index contributed by atoms with van der Waals surface area (Å²) >= 11 is 5.84. The van der Waals surface area contributed by atoms with Gasteiger partial charge in [-0.2, -0.15) is 18.4 Å². The van der Waals surface area contributed by atoms with E-state index in [9.17, 15) is 23.2 Å². The van der Waals surface area contributed by atoms with Crippen LogP contribution < -0.4 is 5.32 Å². The smallest absolute Gasteiger partial charge is 0.321 e. The molecule has 2 rings (SSSR count). The van der Waals surface area contributed by atoms with Crippen molar-refractivity contribution in [2.75, 3.05) is 5.32 Å². The van der Waals surface area contributed by atoms with Gasteiger partial charge < -0.3 is 5.32 Å². The molecule has 0 aromatic carbocycles. The molecule has 0 fully saturated rings. The molecule has 2 aromatic heterocycles. The molecule has 0 aliphatic carbocycles. The fourth-order valence-corrected chi connectivity index (χ4v) is 2.54. The van der Waals surface area contributed by atoms with Crippen LogP contribution in [0.15, 0.2) is 52.4 Å². The number of aryl methyl sites for hydroxylation is 1. The zero-order chi connectivity index (χ0) is 22.5. The number of hydrogen-bond donors (Lipinski definition) is 1. The van der Waals surface area contributed by atoms with Gasteiger partial charge in [0, 0.05) is 23.0 Å². The number of aliphatic imine (C=N–C) groups is 1. The normalized spacial score (nSPS) is 12.6. The number of carbonyl (C=O) groups is 1. The molecule has 1 amide bonds. The average Bonchev–Trinajstić information content (AvgIpc) is 2.72. The Bertz CT molecular complexity index is 1100. The lowest BCUT2D eigenvalue weighted by Crippen LogP contribution is -2.15. The van der Waals surface area contributed by atoms with Crippen molar-refractivity contribution in [1.82, 2.24) is 9.97 Å². The number of aromatic nitrogens is 2. The van der Waals surface area contributed by atoms with Gasteiger partial charge in [-0.3, -0.25) is 19.8 Å². The van der Waals surface area contributed by atoms with E-state index < -0.39 is 17.8 Å². The maximum absolute atomic E-state index is 12.8. The van der Waals surface area contributed by atoms with Crippen molar-refractivity contribution in [1.29, 1.82) is 5.26 Å². The number of allylic oxidation sites excluding steroid dienone is 3. The van der Waals surface area contributed by atoms with Gasteiger partial charge in [0.15, 0.2) is 0 Å². The van der Waals surface area contributed by atoms with Gasteiger partial charge in [-0.1, -0.05) is 11.6 Å². The number of alkyl halides is 3. The van der Waals surface area contributed by atoms with Crippen molar-refractivity contribution in [2.45, 2.75) is 20.0 Å². The first-order valence-electron chi connectivity index (χ1n) is 8.33. The van der Waals surface area contributed by atoms with Crippen molar-refractivity contribution >= 4 is 35.5 Å². The second-order valence-electron chi connectivity index (χ2n) is 6.04. The third kappa shape index (κ3) is 5.52. The van der Waals surface area contributed by atoms with Gasteiger partial charge in [-0.15, -0.1) is 0 Å². The van der Waals surface area contributed by atoms with Gasteiger partial charge in [0.1, 0.15) is 16.9 Å². The number of anilines is 1. The summed E-state index contributed by atoms with van der Waals surface area (Å²) in [5.74, 6) is -0.752. The molecular weight excluding hydrogens is 419 g/mol. The Hall–Kier alpha value is -3.51. The molecule has 1 N–H and O–H groups in total. The number of nitrogens with one attached hydrogen (secondary N) is 1. The van der Waals surface area contributed by atoms with E-state index in [2.05, 4.69) is 27.0 Å². The number of pyridine rings is 2. The van der Waals surface area contributed by atoms with E-state index in [1.807, 2.05) is 6.07 Å². The van der Waals surface area contributed by atoms with Crippen molar-refractivity contribution in [3.8, 4) is 6.07 Å². The van der Waals surface area contributed by atoms with Crippen LogP contribution in [0.25, 0.3) is 5.57 Å². The highest BCUT2D eigenvalue weighted by Crippen LogP contribution is 2.28. The minimum absolute atomic E-state index is 0.0647. The molecule has 0 spiro atoms. The Balaban J connectivity index is 2.35. The van der Waals surface area contributed by atoms with Crippen molar-refractivity contribution in [3.63, 3.8) is 0 Å². The molecule has 0 saturated heterocycles. The summed E-state index contributed by atoms with van der Waals surface area (Å²) in [6.45, 7) is 6.70. The molecule has 10 heteroatoms. The van der Waals surface area contributed by atoms with Crippen LogP contribution in [0, 0.1) is 18.3 Å². The zero-order valence-corrected chi connectivity index (χ0v) is 16.6. The Kier molecular flexibility index (Phi) is 7.08. The van der Waals surface area contributed by atoms with Crippen LogP contribution in [-0.2, 0) is 6.18 Å². The predicted octanol–water partition coefficient (Wildman–Crippen LogP) is 5.13. The van der Waals surface area contributed by atoms with E-state index in [-0.39, 0.29) is 22.0 Å². The van der Waals surface area contributed by atoms with Crippen LogP contribution >= 0.6 is 11.6 Å². The first-order chi connectivity index (χ1) is 14.1. The van der Waals surface area contributed by atoms with Crippen LogP contribution in [0.3, 0.4) is 0 Å². The van der Waals surface area contributed by atoms with Gasteiger partial charge in [-0.25, -0.2) is 0 Å².